The number of halogens is 3. The number of alkyl halides is 3. The second-order valence-electron chi connectivity index (χ2n) is 6.16. The van der Waals surface area contributed by atoms with Gasteiger partial charge in [0.05, 0.1) is 31.8 Å². The molecule has 31 heavy (non-hydrogen) atoms. The van der Waals surface area contributed by atoms with Crippen molar-refractivity contribution in [2.24, 2.45) is 0 Å². The zero-order chi connectivity index (χ0) is 22.0. The van der Waals surface area contributed by atoms with Gasteiger partial charge in [0.1, 0.15) is 24.1 Å². The van der Waals surface area contributed by atoms with E-state index in [1.165, 1.54) is 54.4 Å². The standard InChI is InChI=1S/C19H15F3N6O3/c1-29-17-6-3-12(7-18(17)30-2)14-9-27(26-25-14)16-8-13(31-19(20,21)22)4-5-15(16)28-11-23-10-24-28/h3-11H,1-2H3. The van der Waals surface area contributed by atoms with Gasteiger partial charge in [-0.2, -0.15) is 5.10 Å². The molecule has 0 saturated carbocycles. The summed E-state index contributed by atoms with van der Waals surface area (Å²) in [5.74, 6) is 0.636. The molecule has 0 radical (unpaired) electrons. The molecule has 2 heterocycles. The Kier molecular flexibility index (Phi) is 5.19. The molecule has 0 aliphatic rings. The van der Waals surface area contributed by atoms with Crippen molar-refractivity contribution in [1.29, 1.82) is 0 Å². The third-order valence-electron chi connectivity index (χ3n) is 4.27. The van der Waals surface area contributed by atoms with E-state index in [0.717, 1.165) is 0 Å². The summed E-state index contributed by atoms with van der Waals surface area (Å²) in [6.45, 7) is 0. The molecular weight excluding hydrogens is 417 g/mol. The molecule has 2 aromatic carbocycles. The minimum absolute atomic E-state index is 0.256. The molecule has 4 aromatic rings. The number of hydrogen-bond donors (Lipinski definition) is 0. The number of aromatic nitrogens is 6. The first-order chi connectivity index (χ1) is 14.9. The summed E-state index contributed by atoms with van der Waals surface area (Å²) >= 11 is 0. The maximum Gasteiger partial charge on any atom is 0.573 e. The van der Waals surface area contributed by atoms with Crippen molar-refractivity contribution < 1.29 is 27.4 Å². The van der Waals surface area contributed by atoms with Gasteiger partial charge in [-0.1, -0.05) is 5.21 Å². The molecule has 0 aliphatic heterocycles. The van der Waals surface area contributed by atoms with Crippen LogP contribution in [0.2, 0.25) is 0 Å². The predicted molar refractivity (Wildman–Crippen MR) is 101 cm³/mol. The van der Waals surface area contributed by atoms with Gasteiger partial charge < -0.3 is 14.2 Å². The second kappa shape index (κ2) is 7.97. The number of rotatable bonds is 6. The lowest BCUT2D eigenvalue weighted by Crippen LogP contribution is -2.17. The highest BCUT2D eigenvalue weighted by Crippen LogP contribution is 2.33. The van der Waals surface area contributed by atoms with Gasteiger partial charge in [-0.25, -0.2) is 14.3 Å². The summed E-state index contributed by atoms with van der Waals surface area (Å²) in [7, 11) is 3.03. The van der Waals surface area contributed by atoms with Gasteiger partial charge in [0.25, 0.3) is 0 Å². The first kappa shape index (κ1) is 20.2. The maximum absolute atomic E-state index is 12.7. The monoisotopic (exact) mass is 432 g/mol. The van der Waals surface area contributed by atoms with Crippen molar-refractivity contribution >= 4 is 0 Å². The molecule has 9 nitrogen and oxygen atoms in total. The van der Waals surface area contributed by atoms with E-state index in [2.05, 4.69) is 25.1 Å². The fourth-order valence-electron chi connectivity index (χ4n) is 2.92. The average molecular weight is 432 g/mol. The van der Waals surface area contributed by atoms with Crippen LogP contribution in [0.1, 0.15) is 0 Å². The minimum atomic E-state index is -4.83. The molecule has 0 saturated heterocycles. The third kappa shape index (κ3) is 4.27. The topological polar surface area (TPSA) is 89.1 Å². The Hall–Kier alpha value is -4.09. The molecule has 0 fully saturated rings. The first-order valence-electron chi connectivity index (χ1n) is 8.78. The molecule has 0 aliphatic carbocycles. The quantitative estimate of drug-likeness (QED) is 0.461. The lowest BCUT2D eigenvalue weighted by Gasteiger charge is -2.13. The molecule has 4 rings (SSSR count). The van der Waals surface area contributed by atoms with Gasteiger partial charge in [-0.05, 0) is 30.3 Å². The van der Waals surface area contributed by atoms with Gasteiger partial charge in [0.2, 0.25) is 0 Å². The Balaban J connectivity index is 1.77. The summed E-state index contributed by atoms with van der Waals surface area (Å²) in [6.07, 6.45) is -0.552. The zero-order valence-corrected chi connectivity index (χ0v) is 16.2. The van der Waals surface area contributed by atoms with Crippen LogP contribution in [0.25, 0.3) is 22.6 Å². The van der Waals surface area contributed by atoms with E-state index in [4.69, 9.17) is 9.47 Å². The summed E-state index contributed by atoms with van der Waals surface area (Å²) in [5, 5.41) is 12.2. The normalized spacial score (nSPS) is 11.4. The van der Waals surface area contributed by atoms with Crippen LogP contribution in [0.15, 0.2) is 55.2 Å². The molecule has 0 spiro atoms. The second-order valence-corrected chi connectivity index (χ2v) is 6.16. The molecule has 12 heteroatoms. The van der Waals surface area contributed by atoms with Crippen molar-refractivity contribution in [1.82, 2.24) is 29.8 Å². The average Bonchev–Trinajstić information content (AvgIpc) is 3.44. The van der Waals surface area contributed by atoms with Crippen LogP contribution in [-0.2, 0) is 0 Å². The lowest BCUT2D eigenvalue weighted by atomic mass is 10.1. The van der Waals surface area contributed by atoms with E-state index in [9.17, 15) is 13.2 Å². The Morgan fingerprint density at radius 3 is 2.39 bits per heavy atom. The Morgan fingerprint density at radius 1 is 0.903 bits per heavy atom. The van der Waals surface area contributed by atoms with Gasteiger partial charge >= 0.3 is 6.36 Å². The molecule has 0 atom stereocenters. The smallest absolute Gasteiger partial charge is 0.493 e. The van der Waals surface area contributed by atoms with E-state index in [0.29, 0.717) is 28.4 Å². The Morgan fingerprint density at radius 2 is 1.71 bits per heavy atom. The van der Waals surface area contributed by atoms with Gasteiger partial charge in [-0.15, -0.1) is 18.3 Å². The summed E-state index contributed by atoms with van der Waals surface area (Å²) in [4.78, 5) is 3.87. The number of methoxy groups -OCH3 is 2. The van der Waals surface area contributed by atoms with Gasteiger partial charge in [-0.3, -0.25) is 0 Å². The Bertz CT molecular complexity index is 1190. The molecule has 0 unspecified atom stereocenters. The Labute approximate surface area is 173 Å². The molecule has 160 valence electrons. The van der Waals surface area contributed by atoms with Crippen molar-refractivity contribution in [3.8, 4) is 39.9 Å². The highest BCUT2D eigenvalue weighted by Gasteiger charge is 2.31. The highest BCUT2D eigenvalue weighted by molar-refractivity contribution is 5.64. The van der Waals surface area contributed by atoms with E-state index in [1.54, 1.807) is 24.4 Å². The fraction of sp³-hybridized carbons (Fsp3) is 0.158. The largest absolute Gasteiger partial charge is 0.573 e. The van der Waals surface area contributed by atoms with E-state index in [1.807, 2.05) is 0 Å². The van der Waals surface area contributed by atoms with E-state index >= 15 is 0 Å². The molecular formula is C19H15F3N6O3. The van der Waals surface area contributed by atoms with Crippen LogP contribution < -0.4 is 14.2 Å². The highest BCUT2D eigenvalue weighted by atomic mass is 19.4. The van der Waals surface area contributed by atoms with Gasteiger partial charge in [0, 0.05) is 11.6 Å². The van der Waals surface area contributed by atoms with E-state index in [-0.39, 0.29) is 5.69 Å². The zero-order valence-electron chi connectivity index (χ0n) is 16.2. The number of hydrogen-bond acceptors (Lipinski definition) is 7. The summed E-state index contributed by atoms with van der Waals surface area (Å²) in [6, 6.07) is 8.98. The SMILES string of the molecule is COc1ccc(-c2cn(-c3cc(OC(F)(F)F)ccc3-n3cncn3)nn2)cc1OC. The van der Waals surface area contributed by atoms with Gasteiger partial charge in [0.15, 0.2) is 11.5 Å². The third-order valence-corrected chi connectivity index (χ3v) is 4.27. The van der Waals surface area contributed by atoms with Crippen molar-refractivity contribution in [2.75, 3.05) is 14.2 Å². The number of nitrogens with zero attached hydrogens (tertiary/aromatic N) is 6. The molecule has 0 amide bonds. The number of ether oxygens (including phenoxy) is 3. The van der Waals surface area contributed by atoms with Crippen LogP contribution in [0.3, 0.4) is 0 Å². The van der Waals surface area contributed by atoms with Crippen LogP contribution in [0.5, 0.6) is 17.2 Å². The van der Waals surface area contributed by atoms with Crippen molar-refractivity contribution in [3.05, 3.63) is 55.2 Å². The molecule has 0 bridgehead atoms. The van der Waals surface area contributed by atoms with Crippen LogP contribution in [0, 0.1) is 0 Å². The maximum atomic E-state index is 12.7. The molecule has 0 N–H and O–H groups in total. The van der Waals surface area contributed by atoms with Crippen LogP contribution in [-0.4, -0.2) is 50.3 Å². The van der Waals surface area contributed by atoms with Crippen LogP contribution in [0.4, 0.5) is 13.2 Å². The fourth-order valence-corrected chi connectivity index (χ4v) is 2.92. The minimum Gasteiger partial charge on any atom is -0.493 e. The van der Waals surface area contributed by atoms with Crippen LogP contribution >= 0.6 is 0 Å². The number of benzene rings is 2. The van der Waals surface area contributed by atoms with Crippen molar-refractivity contribution in [2.45, 2.75) is 6.36 Å². The van der Waals surface area contributed by atoms with E-state index < -0.39 is 12.1 Å². The van der Waals surface area contributed by atoms with Crippen molar-refractivity contribution in [3.63, 3.8) is 0 Å². The predicted octanol–water partition coefficient (Wildman–Crippen LogP) is 3.43. The lowest BCUT2D eigenvalue weighted by molar-refractivity contribution is -0.274. The summed E-state index contributed by atoms with van der Waals surface area (Å²) in [5.41, 5.74) is 1.82. The summed E-state index contributed by atoms with van der Waals surface area (Å²) < 4.78 is 55.4. The first-order valence-corrected chi connectivity index (χ1v) is 8.78. The molecule has 2 aromatic heterocycles.